The summed E-state index contributed by atoms with van der Waals surface area (Å²) >= 11 is 1.34. The predicted molar refractivity (Wildman–Crippen MR) is 116 cm³/mol. The minimum absolute atomic E-state index is 0.0217. The van der Waals surface area contributed by atoms with Crippen LogP contribution in [0.25, 0.3) is 10.7 Å². The van der Waals surface area contributed by atoms with Crippen LogP contribution in [-0.2, 0) is 14.8 Å². The molecular weight excluding hydrogens is 424 g/mol. The summed E-state index contributed by atoms with van der Waals surface area (Å²) in [5, 5.41) is 6.98. The van der Waals surface area contributed by atoms with Crippen molar-refractivity contribution in [3.05, 3.63) is 16.8 Å². The summed E-state index contributed by atoms with van der Waals surface area (Å²) in [5.74, 6) is 0.924. The first-order valence-corrected chi connectivity index (χ1v) is 12.6. The maximum atomic E-state index is 13.2. The summed E-state index contributed by atoms with van der Waals surface area (Å²) < 4.78 is 33.2. The Labute approximate surface area is 182 Å². The second-order valence-electron chi connectivity index (χ2n) is 8.14. The van der Waals surface area contributed by atoms with Crippen LogP contribution in [0.4, 0.5) is 0 Å². The fourth-order valence-corrected chi connectivity index (χ4v) is 6.32. The number of nitrogens with one attached hydrogen (secondary N) is 1. The Morgan fingerprint density at radius 3 is 2.57 bits per heavy atom. The van der Waals surface area contributed by atoms with Crippen molar-refractivity contribution >= 4 is 27.3 Å². The molecule has 2 aromatic rings. The molecule has 1 aliphatic heterocycles. The lowest BCUT2D eigenvalue weighted by molar-refractivity contribution is -0.126. The third kappa shape index (κ3) is 4.76. The zero-order valence-corrected chi connectivity index (χ0v) is 19.8. The molecule has 1 amide bonds. The van der Waals surface area contributed by atoms with Crippen LogP contribution in [0, 0.1) is 12.8 Å². The van der Waals surface area contributed by atoms with Gasteiger partial charge in [0.1, 0.15) is 0 Å². The topological polar surface area (TPSA) is 105 Å². The van der Waals surface area contributed by atoms with Crippen LogP contribution >= 0.6 is 11.3 Å². The number of hydrogen-bond acceptors (Lipinski definition) is 7. The van der Waals surface area contributed by atoms with Crippen LogP contribution in [0.3, 0.4) is 0 Å². The highest BCUT2D eigenvalue weighted by Crippen LogP contribution is 2.35. The van der Waals surface area contributed by atoms with Crippen LogP contribution in [0.5, 0.6) is 0 Å². The van der Waals surface area contributed by atoms with Crippen molar-refractivity contribution in [1.29, 1.82) is 0 Å². The van der Waals surface area contributed by atoms with E-state index in [0.29, 0.717) is 47.4 Å². The SMILES string of the molecule is CCC(C)NC(=O)C1CCN(S(=O)(=O)c2cc(-c3noc(C(C)C)n3)sc2C)CC1. The molecule has 1 N–H and O–H groups in total. The number of hydrogen-bond donors (Lipinski definition) is 1. The highest BCUT2D eigenvalue weighted by Gasteiger charge is 2.34. The van der Waals surface area contributed by atoms with Crippen LogP contribution < -0.4 is 5.32 Å². The van der Waals surface area contributed by atoms with E-state index in [2.05, 4.69) is 15.5 Å². The normalized spacial score (nSPS) is 17.4. The molecule has 1 unspecified atom stereocenters. The van der Waals surface area contributed by atoms with Gasteiger partial charge in [0.25, 0.3) is 0 Å². The lowest BCUT2D eigenvalue weighted by atomic mass is 9.97. The Morgan fingerprint density at radius 1 is 1.33 bits per heavy atom. The molecule has 0 spiro atoms. The third-order valence-electron chi connectivity index (χ3n) is 5.47. The molecule has 0 bridgehead atoms. The summed E-state index contributed by atoms with van der Waals surface area (Å²) in [6, 6.07) is 1.76. The van der Waals surface area contributed by atoms with E-state index in [4.69, 9.17) is 4.52 Å². The van der Waals surface area contributed by atoms with Crippen LogP contribution in [-0.4, -0.2) is 47.9 Å². The number of sulfonamides is 1. The lowest BCUT2D eigenvalue weighted by Crippen LogP contribution is -2.44. The Kier molecular flexibility index (Phi) is 6.98. The van der Waals surface area contributed by atoms with Crippen LogP contribution in [0.1, 0.15) is 63.6 Å². The van der Waals surface area contributed by atoms with Gasteiger partial charge in [0, 0.05) is 35.8 Å². The van der Waals surface area contributed by atoms with E-state index >= 15 is 0 Å². The molecule has 0 radical (unpaired) electrons. The first kappa shape index (κ1) is 22.9. The molecule has 3 rings (SSSR count). The number of amides is 1. The van der Waals surface area contributed by atoms with Gasteiger partial charge in [-0.05, 0) is 39.2 Å². The minimum atomic E-state index is -3.64. The summed E-state index contributed by atoms with van der Waals surface area (Å²) in [6.45, 7) is 10.4. The average molecular weight is 455 g/mol. The number of thiophene rings is 1. The predicted octanol–water partition coefficient (Wildman–Crippen LogP) is 3.55. The van der Waals surface area contributed by atoms with Gasteiger partial charge in [-0.2, -0.15) is 9.29 Å². The molecule has 8 nitrogen and oxygen atoms in total. The van der Waals surface area contributed by atoms with Gasteiger partial charge in [-0.1, -0.05) is 25.9 Å². The van der Waals surface area contributed by atoms with E-state index in [1.807, 2.05) is 27.7 Å². The zero-order valence-electron chi connectivity index (χ0n) is 18.1. The van der Waals surface area contributed by atoms with Crippen LogP contribution in [0.2, 0.25) is 0 Å². The molecule has 1 atom stereocenters. The van der Waals surface area contributed by atoms with E-state index in [1.54, 1.807) is 13.0 Å². The quantitative estimate of drug-likeness (QED) is 0.686. The Hall–Kier alpha value is -1.78. The number of aryl methyl sites for hydroxylation is 1. The minimum Gasteiger partial charge on any atom is -0.353 e. The summed E-state index contributed by atoms with van der Waals surface area (Å²) in [6.07, 6.45) is 1.93. The molecule has 3 heterocycles. The Bertz CT molecular complexity index is 988. The van der Waals surface area contributed by atoms with Crippen molar-refractivity contribution in [2.24, 2.45) is 5.92 Å². The second-order valence-corrected chi connectivity index (χ2v) is 11.3. The summed E-state index contributed by atoms with van der Waals surface area (Å²) in [5.41, 5.74) is 0. The van der Waals surface area contributed by atoms with Gasteiger partial charge in [-0.25, -0.2) is 8.42 Å². The first-order valence-electron chi connectivity index (χ1n) is 10.4. The lowest BCUT2D eigenvalue weighted by Gasteiger charge is -2.31. The van der Waals surface area contributed by atoms with E-state index < -0.39 is 10.0 Å². The van der Waals surface area contributed by atoms with Crippen molar-refractivity contribution in [3.8, 4) is 10.7 Å². The maximum Gasteiger partial charge on any atom is 0.244 e. The van der Waals surface area contributed by atoms with Crippen molar-refractivity contribution in [1.82, 2.24) is 19.8 Å². The number of nitrogens with zero attached hydrogens (tertiary/aromatic N) is 3. The maximum absolute atomic E-state index is 13.2. The molecular formula is C20H30N4O4S2. The number of carbonyl (C=O) groups is 1. The molecule has 1 saturated heterocycles. The highest BCUT2D eigenvalue weighted by atomic mass is 32.2. The number of piperidine rings is 1. The third-order valence-corrected chi connectivity index (χ3v) is 8.67. The molecule has 10 heteroatoms. The molecule has 0 saturated carbocycles. The van der Waals surface area contributed by atoms with E-state index in [0.717, 1.165) is 6.42 Å². The van der Waals surface area contributed by atoms with Crippen molar-refractivity contribution in [2.45, 2.75) is 70.7 Å². The summed E-state index contributed by atoms with van der Waals surface area (Å²) in [7, 11) is -3.64. The van der Waals surface area contributed by atoms with E-state index in [1.165, 1.54) is 15.6 Å². The molecule has 0 aromatic carbocycles. The highest BCUT2D eigenvalue weighted by molar-refractivity contribution is 7.89. The Morgan fingerprint density at radius 2 is 2.00 bits per heavy atom. The van der Waals surface area contributed by atoms with Crippen molar-refractivity contribution < 1.29 is 17.7 Å². The molecule has 1 aliphatic rings. The van der Waals surface area contributed by atoms with Crippen molar-refractivity contribution in [2.75, 3.05) is 13.1 Å². The number of rotatable bonds is 7. The second kappa shape index (κ2) is 9.15. The smallest absolute Gasteiger partial charge is 0.244 e. The van der Waals surface area contributed by atoms with Gasteiger partial charge in [0.2, 0.25) is 27.6 Å². The molecule has 1 fully saturated rings. The monoisotopic (exact) mass is 454 g/mol. The molecule has 166 valence electrons. The molecule has 30 heavy (non-hydrogen) atoms. The van der Waals surface area contributed by atoms with Gasteiger partial charge in [0.15, 0.2) is 0 Å². The summed E-state index contributed by atoms with van der Waals surface area (Å²) in [4.78, 5) is 18.4. The fourth-order valence-electron chi connectivity index (χ4n) is 3.36. The number of aromatic nitrogens is 2. The van der Waals surface area contributed by atoms with Gasteiger partial charge >= 0.3 is 0 Å². The number of carbonyl (C=O) groups excluding carboxylic acids is 1. The van der Waals surface area contributed by atoms with E-state index in [9.17, 15) is 13.2 Å². The standard InChI is InChI=1S/C20H30N4O4S2/c1-6-13(4)21-19(25)15-7-9-24(10-8-15)30(26,27)17-11-16(29-14(17)5)18-22-20(12(2)3)28-23-18/h11-13,15H,6-10H2,1-5H3,(H,21,25). The fraction of sp³-hybridized carbons (Fsp3) is 0.650. The van der Waals surface area contributed by atoms with Crippen molar-refractivity contribution in [3.63, 3.8) is 0 Å². The largest absolute Gasteiger partial charge is 0.353 e. The Balaban J connectivity index is 1.72. The van der Waals surface area contributed by atoms with Gasteiger partial charge in [0.05, 0.1) is 9.77 Å². The molecule has 0 aliphatic carbocycles. The average Bonchev–Trinajstić information content (AvgIpc) is 3.35. The van der Waals surface area contributed by atoms with Gasteiger partial charge in [-0.15, -0.1) is 11.3 Å². The first-order chi connectivity index (χ1) is 14.1. The van der Waals surface area contributed by atoms with Gasteiger partial charge in [-0.3, -0.25) is 4.79 Å². The zero-order chi connectivity index (χ0) is 22.1. The van der Waals surface area contributed by atoms with E-state index in [-0.39, 0.29) is 28.7 Å². The van der Waals surface area contributed by atoms with Gasteiger partial charge < -0.3 is 9.84 Å². The molecule has 2 aromatic heterocycles. The van der Waals surface area contributed by atoms with Crippen LogP contribution in [0.15, 0.2) is 15.5 Å².